The first-order valence-electron chi connectivity index (χ1n) is 13.0. The molecule has 0 spiro atoms. The summed E-state index contributed by atoms with van der Waals surface area (Å²) in [4.78, 5) is 33.8. The highest BCUT2D eigenvalue weighted by molar-refractivity contribution is 5.86. The van der Waals surface area contributed by atoms with E-state index < -0.39 is 0 Å². The van der Waals surface area contributed by atoms with Crippen LogP contribution in [-0.4, -0.2) is 17.3 Å². The minimum absolute atomic E-state index is 0.123. The van der Waals surface area contributed by atoms with Crippen LogP contribution in [-0.2, 0) is 14.4 Å². The molecule has 1 aliphatic rings. The van der Waals surface area contributed by atoms with E-state index in [4.69, 9.17) is 0 Å². The molecule has 0 bridgehead atoms. The second-order valence-electron chi connectivity index (χ2n) is 12.3. The van der Waals surface area contributed by atoms with E-state index in [0.29, 0.717) is 29.7 Å². The summed E-state index contributed by atoms with van der Waals surface area (Å²) < 4.78 is 0. The van der Waals surface area contributed by atoms with E-state index in [1.807, 2.05) is 83.1 Å². The molecule has 3 nitrogen and oxygen atoms in total. The summed E-state index contributed by atoms with van der Waals surface area (Å²) in [5.41, 5.74) is -0.412. The number of hydrogen-bond donors (Lipinski definition) is 0. The molecule has 0 aliphatic heterocycles. The van der Waals surface area contributed by atoms with Crippen LogP contribution in [0.15, 0.2) is 0 Å². The molecule has 204 valence electrons. The standard InChI is InChI=1S/C11H20O.C8H16O.C7H14O.2C3H4/c1-11(2,3)10(12)9-7-5-4-6-8-9;1-6(2)7(9)8(3,4)5;1-5-6(8)7(2,3)4;2*1-3-2/h9H,4-8H2,1-3H3;6H,1-5H3;5H2,1-4H3;2*1H,2H3. The number of hydrogen-bond acceptors (Lipinski definition) is 3. The molecule has 1 rings (SSSR count). The quantitative estimate of drug-likeness (QED) is 0.372. The van der Waals surface area contributed by atoms with Gasteiger partial charge in [0.1, 0.15) is 17.3 Å². The lowest BCUT2D eigenvalue weighted by molar-refractivity contribution is -0.131. The molecule has 0 atom stereocenters. The minimum atomic E-state index is -0.159. The van der Waals surface area contributed by atoms with E-state index in [0.717, 1.165) is 12.8 Å². The van der Waals surface area contributed by atoms with Gasteiger partial charge in [-0.05, 0) is 26.7 Å². The Hall–Kier alpha value is -1.87. The molecule has 3 heteroatoms. The van der Waals surface area contributed by atoms with E-state index in [9.17, 15) is 14.4 Å². The molecule has 0 heterocycles. The lowest BCUT2D eigenvalue weighted by Crippen LogP contribution is -2.29. The third-order valence-corrected chi connectivity index (χ3v) is 5.14. The normalized spacial score (nSPS) is 13.4. The van der Waals surface area contributed by atoms with Crippen molar-refractivity contribution in [3.63, 3.8) is 0 Å². The lowest BCUT2D eigenvalue weighted by atomic mass is 9.76. The smallest absolute Gasteiger partial charge is 0.141 e. The highest BCUT2D eigenvalue weighted by Crippen LogP contribution is 2.30. The Balaban J connectivity index is -0.000000188. The van der Waals surface area contributed by atoms with Crippen LogP contribution >= 0.6 is 0 Å². The Morgan fingerprint density at radius 1 is 0.743 bits per heavy atom. The van der Waals surface area contributed by atoms with Gasteiger partial charge in [-0.25, -0.2) is 0 Å². The Bertz CT molecular complexity index is 644. The van der Waals surface area contributed by atoms with Crippen LogP contribution in [0.4, 0.5) is 0 Å². The lowest BCUT2D eigenvalue weighted by Gasteiger charge is -2.27. The van der Waals surface area contributed by atoms with Crippen LogP contribution in [0.25, 0.3) is 0 Å². The van der Waals surface area contributed by atoms with Gasteiger partial charge in [0.05, 0.1) is 0 Å². The average Bonchev–Trinajstić information content (AvgIpc) is 2.72. The highest BCUT2D eigenvalue weighted by Gasteiger charge is 2.30. The second kappa shape index (κ2) is 20.3. The third kappa shape index (κ3) is 25.0. The van der Waals surface area contributed by atoms with Crippen LogP contribution in [0.1, 0.15) is 135 Å². The van der Waals surface area contributed by atoms with Crippen molar-refractivity contribution in [2.45, 2.75) is 135 Å². The fraction of sp³-hybridized carbons (Fsp3) is 0.781. The van der Waals surface area contributed by atoms with E-state index in [-0.39, 0.29) is 22.2 Å². The van der Waals surface area contributed by atoms with E-state index in [2.05, 4.69) is 24.7 Å². The van der Waals surface area contributed by atoms with Gasteiger partial charge in [-0.3, -0.25) is 14.4 Å². The number of Topliss-reactive ketones (excluding diaryl/α,β-unsaturated/α-hetero) is 3. The van der Waals surface area contributed by atoms with E-state index in [1.54, 1.807) is 13.8 Å². The van der Waals surface area contributed by atoms with Crippen molar-refractivity contribution >= 4 is 17.3 Å². The van der Waals surface area contributed by atoms with Crippen LogP contribution in [0, 0.1) is 52.8 Å². The molecular formula is C32H58O3. The monoisotopic (exact) mass is 490 g/mol. The number of carbonyl (C=O) groups excluding carboxylic acids is 3. The Kier molecular flexibility index (Phi) is 23.4. The molecule has 0 aromatic rings. The maximum Gasteiger partial charge on any atom is 0.141 e. The molecule has 0 N–H and O–H groups in total. The predicted octanol–water partition coefficient (Wildman–Crippen LogP) is 8.73. The van der Waals surface area contributed by atoms with Gasteiger partial charge in [-0.1, -0.05) is 102 Å². The number of carbonyl (C=O) groups is 3. The first-order chi connectivity index (χ1) is 15.7. The van der Waals surface area contributed by atoms with Crippen LogP contribution in [0.5, 0.6) is 0 Å². The van der Waals surface area contributed by atoms with E-state index >= 15 is 0 Å². The fourth-order valence-electron chi connectivity index (χ4n) is 3.37. The zero-order valence-corrected chi connectivity index (χ0v) is 25.8. The van der Waals surface area contributed by atoms with Gasteiger partial charge in [-0.15, -0.1) is 24.7 Å². The van der Waals surface area contributed by atoms with Crippen molar-refractivity contribution in [3.05, 3.63) is 0 Å². The maximum absolute atomic E-state index is 11.8. The van der Waals surface area contributed by atoms with Gasteiger partial charge in [-0.2, -0.15) is 0 Å². The van der Waals surface area contributed by atoms with Gasteiger partial charge in [0.25, 0.3) is 0 Å². The average molecular weight is 491 g/mol. The summed E-state index contributed by atoms with van der Waals surface area (Å²) in [7, 11) is 0. The Labute approximate surface area is 220 Å². The van der Waals surface area contributed by atoms with Gasteiger partial charge >= 0.3 is 0 Å². The topological polar surface area (TPSA) is 51.2 Å². The summed E-state index contributed by atoms with van der Waals surface area (Å²) >= 11 is 0. The van der Waals surface area contributed by atoms with E-state index in [1.165, 1.54) is 19.3 Å². The van der Waals surface area contributed by atoms with Crippen molar-refractivity contribution in [3.8, 4) is 24.7 Å². The van der Waals surface area contributed by atoms with Crippen molar-refractivity contribution in [2.75, 3.05) is 0 Å². The number of ketones is 3. The predicted molar refractivity (Wildman–Crippen MR) is 154 cm³/mol. The second-order valence-corrected chi connectivity index (χ2v) is 12.3. The first-order valence-corrected chi connectivity index (χ1v) is 13.0. The van der Waals surface area contributed by atoms with Gasteiger partial charge < -0.3 is 0 Å². The molecule has 1 fully saturated rings. The molecule has 0 saturated heterocycles. The van der Waals surface area contributed by atoms with Crippen molar-refractivity contribution in [1.82, 2.24) is 0 Å². The zero-order valence-electron chi connectivity index (χ0n) is 25.8. The van der Waals surface area contributed by atoms with Crippen molar-refractivity contribution in [1.29, 1.82) is 0 Å². The van der Waals surface area contributed by atoms with Gasteiger partial charge in [0.15, 0.2) is 0 Å². The first kappa shape index (κ1) is 40.3. The number of rotatable bonds is 3. The molecule has 1 saturated carbocycles. The highest BCUT2D eigenvalue weighted by atomic mass is 16.1. The van der Waals surface area contributed by atoms with Crippen molar-refractivity contribution in [2.24, 2.45) is 28.1 Å². The molecule has 0 aromatic heterocycles. The van der Waals surface area contributed by atoms with Crippen LogP contribution in [0.3, 0.4) is 0 Å². The largest absolute Gasteiger partial charge is 0.299 e. The van der Waals surface area contributed by atoms with Crippen molar-refractivity contribution < 1.29 is 14.4 Å². The zero-order chi connectivity index (χ0) is 29.0. The molecule has 0 amide bonds. The number of terminal acetylenes is 2. The van der Waals surface area contributed by atoms with Gasteiger partial charge in [0, 0.05) is 34.5 Å². The molecule has 0 aromatic carbocycles. The molecule has 35 heavy (non-hydrogen) atoms. The summed E-state index contributed by atoms with van der Waals surface area (Å²) in [6.45, 7) is 26.9. The molecular weight excluding hydrogens is 432 g/mol. The summed E-state index contributed by atoms with van der Waals surface area (Å²) in [5.74, 6) is 6.19. The minimum Gasteiger partial charge on any atom is -0.299 e. The molecule has 1 aliphatic carbocycles. The summed E-state index contributed by atoms with van der Waals surface area (Å²) in [5, 5.41) is 0. The van der Waals surface area contributed by atoms with Crippen LogP contribution in [0.2, 0.25) is 0 Å². The Morgan fingerprint density at radius 3 is 1.23 bits per heavy atom. The molecule has 0 radical (unpaired) electrons. The van der Waals surface area contributed by atoms with Gasteiger partial charge in [0.2, 0.25) is 0 Å². The SMILES string of the molecule is C#CC.C#CC.CC(C)(C)C(=O)C1CCCCC1.CC(C)C(=O)C(C)(C)C.CCC(=O)C(C)(C)C. The maximum atomic E-state index is 11.8. The van der Waals surface area contributed by atoms with Crippen LogP contribution < -0.4 is 0 Å². The summed E-state index contributed by atoms with van der Waals surface area (Å²) in [6.07, 6.45) is 16.0. The Morgan fingerprint density at radius 2 is 1.09 bits per heavy atom. The molecule has 0 unspecified atom stereocenters. The third-order valence-electron chi connectivity index (χ3n) is 5.14. The summed E-state index contributed by atoms with van der Waals surface area (Å²) in [6, 6.07) is 0. The fourth-order valence-corrected chi connectivity index (χ4v) is 3.37.